The molecule has 84 valence electrons. The monoisotopic (exact) mass is 244 g/mol. The number of hydrogen-bond acceptors (Lipinski definition) is 3. The summed E-state index contributed by atoms with van der Waals surface area (Å²) in [6.45, 7) is 0. The Bertz CT molecular complexity index is 801. The van der Waals surface area contributed by atoms with Crippen LogP contribution in [0.3, 0.4) is 0 Å². The lowest BCUT2D eigenvalue weighted by Gasteiger charge is -1.97. The third kappa shape index (κ3) is 1.43. The van der Waals surface area contributed by atoms with Gasteiger partial charge in [0.15, 0.2) is 0 Å². The summed E-state index contributed by atoms with van der Waals surface area (Å²) in [5, 5.41) is 1.45. The number of fused-ring (bicyclic) bond motifs is 3. The number of carbonyl (C=O) groups excluding carboxylic acids is 1. The molecular formula is C12H8N2O2S. The molecule has 0 aliphatic carbocycles. The molecular weight excluding hydrogens is 236 g/mol. The Morgan fingerprint density at radius 1 is 1.24 bits per heavy atom. The number of aromatic amines is 1. The number of nitrogens with one attached hydrogen (secondary N) is 1. The summed E-state index contributed by atoms with van der Waals surface area (Å²) in [6, 6.07) is 9.04. The van der Waals surface area contributed by atoms with E-state index in [1.54, 1.807) is 6.07 Å². The third-order valence-electron chi connectivity index (χ3n) is 2.64. The van der Waals surface area contributed by atoms with E-state index >= 15 is 0 Å². The van der Waals surface area contributed by atoms with E-state index in [4.69, 9.17) is 5.73 Å². The number of rotatable bonds is 1. The predicted molar refractivity (Wildman–Crippen MR) is 68.5 cm³/mol. The van der Waals surface area contributed by atoms with Crippen molar-refractivity contribution in [1.82, 2.24) is 4.98 Å². The Kier molecular flexibility index (Phi) is 2.02. The van der Waals surface area contributed by atoms with Gasteiger partial charge in [-0.15, -0.1) is 11.3 Å². The second kappa shape index (κ2) is 3.43. The minimum atomic E-state index is -0.505. The average Bonchev–Trinajstić information content (AvgIpc) is 2.75. The van der Waals surface area contributed by atoms with Crippen molar-refractivity contribution in [3.8, 4) is 0 Å². The van der Waals surface area contributed by atoms with Crippen LogP contribution in [0.4, 0.5) is 0 Å². The van der Waals surface area contributed by atoms with Gasteiger partial charge in [0.1, 0.15) is 0 Å². The summed E-state index contributed by atoms with van der Waals surface area (Å²) < 4.78 is 0.804. The number of carbonyl (C=O) groups is 1. The number of H-pyrrole nitrogens is 1. The Morgan fingerprint density at radius 2 is 2.00 bits per heavy atom. The molecule has 3 aromatic rings. The highest BCUT2D eigenvalue weighted by Gasteiger charge is 2.12. The van der Waals surface area contributed by atoms with E-state index in [0.29, 0.717) is 10.3 Å². The molecule has 0 bridgehead atoms. The highest BCUT2D eigenvalue weighted by atomic mass is 32.1. The molecule has 3 N–H and O–H groups in total. The molecule has 0 fully saturated rings. The van der Waals surface area contributed by atoms with Crippen LogP contribution in [0.2, 0.25) is 0 Å². The van der Waals surface area contributed by atoms with Gasteiger partial charge in [0.25, 0.3) is 11.5 Å². The Labute approximate surface area is 99.7 Å². The minimum Gasteiger partial charge on any atom is -0.365 e. The second-order valence-electron chi connectivity index (χ2n) is 3.72. The summed E-state index contributed by atoms with van der Waals surface area (Å²) in [5.74, 6) is -0.505. The Hall–Kier alpha value is -2.14. The first-order valence-electron chi connectivity index (χ1n) is 5.01. The normalized spacial score (nSPS) is 11.1. The lowest BCUT2D eigenvalue weighted by atomic mass is 10.2. The zero-order valence-corrected chi connectivity index (χ0v) is 9.51. The molecule has 0 radical (unpaired) electrons. The molecule has 1 aromatic carbocycles. The summed E-state index contributed by atoms with van der Waals surface area (Å²) in [5.41, 5.74) is 5.81. The van der Waals surface area contributed by atoms with Gasteiger partial charge in [-0.2, -0.15) is 0 Å². The standard InChI is InChI=1S/C12H8N2O2S/c13-11(15)9-5-7-10(17-9)6-3-1-2-4-8(6)14-12(7)16/h1-5H,(H2,13,15)(H,14,16). The summed E-state index contributed by atoms with van der Waals surface area (Å²) in [6.07, 6.45) is 0. The smallest absolute Gasteiger partial charge is 0.258 e. The first-order valence-corrected chi connectivity index (χ1v) is 5.83. The molecule has 1 amide bonds. The fourth-order valence-electron chi connectivity index (χ4n) is 1.86. The maximum Gasteiger partial charge on any atom is 0.258 e. The van der Waals surface area contributed by atoms with Crippen molar-refractivity contribution in [3.05, 3.63) is 45.6 Å². The molecule has 0 unspecified atom stereocenters. The minimum absolute atomic E-state index is 0.192. The van der Waals surface area contributed by atoms with E-state index in [-0.39, 0.29) is 5.56 Å². The van der Waals surface area contributed by atoms with E-state index < -0.39 is 5.91 Å². The van der Waals surface area contributed by atoms with E-state index in [0.717, 1.165) is 15.6 Å². The number of pyridine rings is 1. The summed E-state index contributed by atoms with van der Waals surface area (Å²) in [4.78, 5) is 26.2. The van der Waals surface area contributed by atoms with Gasteiger partial charge in [0.2, 0.25) is 0 Å². The van der Waals surface area contributed by atoms with Crippen molar-refractivity contribution in [3.63, 3.8) is 0 Å². The zero-order chi connectivity index (χ0) is 12.0. The molecule has 0 saturated carbocycles. The molecule has 5 heteroatoms. The van der Waals surface area contributed by atoms with Crippen LogP contribution in [0.15, 0.2) is 35.1 Å². The largest absolute Gasteiger partial charge is 0.365 e. The number of aromatic nitrogens is 1. The molecule has 0 atom stereocenters. The topological polar surface area (TPSA) is 76.0 Å². The van der Waals surface area contributed by atoms with Crippen LogP contribution < -0.4 is 11.3 Å². The van der Waals surface area contributed by atoms with Crippen molar-refractivity contribution in [1.29, 1.82) is 0 Å². The van der Waals surface area contributed by atoms with Gasteiger partial charge in [-0.05, 0) is 12.1 Å². The quantitative estimate of drug-likeness (QED) is 0.685. The highest BCUT2D eigenvalue weighted by Crippen LogP contribution is 2.28. The Balaban J connectivity index is 2.56. The first kappa shape index (κ1) is 10.0. The summed E-state index contributed by atoms with van der Waals surface area (Å²) >= 11 is 1.25. The zero-order valence-electron chi connectivity index (χ0n) is 8.69. The van der Waals surface area contributed by atoms with E-state index in [9.17, 15) is 9.59 Å². The van der Waals surface area contributed by atoms with Gasteiger partial charge in [-0.25, -0.2) is 0 Å². The molecule has 4 nitrogen and oxygen atoms in total. The van der Waals surface area contributed by atoms with Gasteiger partial charge in [0, 0.05) is 15.6 Å². The Morgan fingerprint density at radius 3 is 2.76 bits per heavy atom. The molecule has 0 aliphatic rings. The van der Waals surface area contributed by atoms with E-state index in [2.05, 4.69) is 4.98 Å². The maximum absolute atomic E-state index is 11.8. The lowest BCUT2D eigenvalue weighted by Crippen LogP contribution is -2.08. The van der Waals surface area contributed by atoms with Crippen LogP contribution in [-0.2, 0) is 0 Å². The molecule has 17 heavy (non-hydrogen) atoms. The number of thiophene rings is 1. The van der Waals surface area contributed by atoms with Gasteiger partial charge in [0.05, 0.1) is 10.3 Å². The van der Waals surface area contributed by atoms with E-state index in [1.165, 1.54) is 11.3 Å². The maximum atomic E-state index is 11.8. The molecule has 0 saturated heterocycles. The van der Waals surface area contributed by atoms with Crippen molar-refractivity contribution < 1.29 is 4.79 Å². The van der Waals surface area contributed by atoms with Crippen molar-refractivity contribution in [2.45, 2.75) is 0 Å². The fourth-order valence-corrected chi connectivity index (χ4v) is 2.91. The van der Waals surface area contributed by atoms with Crippen molar-refractivity contribution >= 4 is 38.2 Å². The second-order valence-corrected chi connectivity index (χ2v) is 4.77. The van der Waals surface area contributed by atoms with Crippen LogP contribution >= 0.6 is 11.3 Å². The predicted octanol–water partition coefficient (Wildman–Crippen LogP) is 1.84. The van der Waals surface area contributed by atoms with Crippen LogP contribution in [0.5, 0.6) is 0 Å². The third-order valence-corrected chi connectivity index (χ3v) is 3.82. The number of primary amides is 1. The van der Waals surface area contributed by atoms with Gasteiger partial charge >= 0.3 is 0 Å². The van der Waals surface area contributed by atoms with Crippen LogP contribution in [-0.4, -0.2) is 10.9 Å². The SMILES string of the molecule is NC(=O)c1cc2c(=O)[nH]c3ccccc3c2s1. The number of para-hydroxylation sites is 1. The van der Waals surface area contributed by atoms with Crippen LogP contribution in [0.25, 0.3) is 21.0 Å². The first-order chi connectivity index (χ1) is 8.16. The molecule has 3 rings (SSSR count). The van der Waals surface area contributed by atoms with Crippen LogP contribution in [0, 0.1) is 0 Å². The fraction of sp³-hybridized carbons (Fsp3) is 0. The molecule has 0 spiro atoms. The highest BCUT2D eigenvalue weighted by molar-refractivity contribution is 7.21. The van der Waals surface area contributed by atoms with Gasteiger partial charge in [-0.3, -0.25) is 9.59 Å². The van der Waals surface area contributed by atoms with Crippen LogP contribution in [0.1, 0.15) is 9.67 Å². The number of hydrogen-bond donors (Lipinski definition) is 2. The lowest BCUT2D eigenvalue weighted by molar-refractivity contribution is 0.100. The van der Waals surface area contributed by atoms with Crippen molar-refractivity contribution in [2.24, 2.45) is 5.73 Å². The van der Waals surface area contributed by atoms with E-state index in [1.807, 2.05) is 24.3 Å². The number of amides is 1. The van der Waals surface area contributed by atoms with Crippen molar-refractivity contribution in [2.75, 3.05) is 0 Å². The average molecular weight is 244 g/mol. The van der Waals surface area contributed by atoms with Gasteiger partial charge in [-0.1, -0.05) is 18.2 Å². The number of benzene rings is 1. The number of nitrogens with two attached hydrogens (primary N) is 1. The molecule has 2 aromatic heterocycles. The summed E-state index contributed by atoms with van der Waals surface area (Å²) in [7, 11) is 0. The van der Waals surface area contributed by atoms with Gasteiger partial charge < -0.3 is 10.7 Å². The molecule has 0 aliphatic heterocycles. The molecule has 2 heterocycles.